The van der Waals surface area contributed by atoms with Gasteiger partial charge in [0, 0.05) is 30.3 Å². The minimum atomic E-state index is -0.269. The molecular formula is C22H22ClN5O4S. The average Bonchev–Trinajstić information content (AvgIpc) is 3.43. The predicted octanol–water partition coefficient (Wildman–Crippen LogP) is 2.68. The van der Waals surface area contributed by atoms with Crippen LogP contribution in [0.15, 0.2) is 40.4 Å². The number of hydrogen-bond donors (Lipinski definition) is 0. The van der Waals surface area contributed by atoms with Gasteiger partial charge in [-0.25, -0.2) is 9.67 Å². The Kier molecular flexibility index (Phi) is 5.88. The first-order valence-electron chi connectivity index (χ1n) is 10.7. The van der Waals surface area contributed by atoms with Crippen molar-refractivity contribution in [2.24, 2.45) is 5.92 Å². The molecule has 2 aromatic heterocycles. The number of likely N-dealkylation sites (tertiary alicyclic amines) is 1. The summed E-state index contributed by atoms with van der Waals surface area (Å²) in [6.45, 7) is 1.04. The number of piperidine rings is 1. The summed E-state index contributed by atoms with van der Waals surface area (Å²) >= 11 is 7.57. The zero-order valence-electron chi connectivity index (χ0n) is 17.9. The van der Waals surface area contributed by atoms with E-state index in [0.29, 0.717) is 52.9 Å². The van der Waals surface area contributed by atoms with Gasteiger partial charge in [0.2, 0.25) is 5.91 Å². The Morgan fingerprint density at radius 2 is 2.06 bits per heavy atom. The van der Waals surface area contributed by atoms with Crippen LogP contribution in [0.5, 0.6) is 0 Å². The molecule has 33 heavy (non-hydrogen) atoms. The van der Waals surface area contributed by atoms with Crippen molar-refractivity contribution in [2.75, 3.05) is 26.0 Å². The molecule has 2 aliphatic heterocycles. The van der Waals surface area contributed by atoms with Crippen molar-refractivity contribution in [3.8, 4) is 5.69 Å². The molecule has 4 heterocycles. The van der Waals surface area contributed by atoms with Crippen LogP contribution in [0.3, 0.4) is 0 Å². The summed E-state index contributed by atoms with van der Waals surface area (Å²) in [4.78, 5) is 44.4. The van der Waals surface area contributed by atoms with Gasteiger partial charge in [-0.1, -0.05) is 29.4 Å². The lowest BCUT2D eigenvalue weighted by Crippen LogP contribution is -2.41. The molecule has 1 fully saturated rings. The molecule has 0 bridgehead atoms. The largest absolute Gasteiger partial charge is 0.469 e. The number of ether oxygens (including phenoxy) is 1. The first-order valence-corrected chi connectivity index (χ1v) is 12.1. The van der Waals surface area contributed by atoms with E-state index in [0.717, 1.165) is 5.69 Å². The number of fused-ring (bicyclic) bond motifs is 2. The second-order valence-electron chi connectivity index (χ2n) is 8.19. The van der Waals surface area contributed by atoms with E-state index in [-0.39, 0.29) is 35.8 Å². The van der Waals surface area contributed by atoms with E-state index in [1.165, 1.54) is 25.1 Å². The normalized spacial score (nSPS) is 18.5. The van der Waals surface area contributed by atoms with Crippen LogP contribution in [-0.2, 0) is 14.3 Å². The van der Waals surface area contributed by atoms with Gasteiger partial charge < -0.3 is 9.64 Å². The van der Waals surface area contributed by atoms with Gasteiger partial charge in [-0.3, -0.25) is 19.0 Å². The number of halogens is 1. The van der Waals surface area contributed by atoms with Crippen molar-refractivity contribution in [3.63, 3.8) is 0 Å². The van der Waals surface area contributed by atoms with Crippen molar-refractivity contribution >= 4 is 46.3 Å². The van der Waals surface area contributed by atoms with Gasteiger partial charge in [-0.15, -0.1) is 0 Å². The number of hydrogen-bond acceptors (Lipinski definition) is 7. The maximum atomic E-state index is 13.3. The number of carbonyl (C=O) groups excluding carboxylic acids is 2. The van der Waals surface area contributed by atoms with Crippen LogP contribution < -0.4 is 5.56 Å². The van der Waals surface area contributed by atoms with Crippen LogP contribution in [0.4, 0.5) is 0 Å². The molecule has 2 aliphatic rings. The van der Waals surface area contributed by atoms with Crippen molar-refractivity contribution < 1.29 is 14.3 Å². The lowest BCUT2D eigenvalue weighted by molar-refractivity contribution is -0.149. The molecule has 1 amide bonds. The van der Waals surface area contributed by atoms with Gasteiger partial charge in [0.15, 0.2) is 10.8 Å². The van der Waals surface area contributed by atoms with Crippen molar-refractivity contribution in [3.05, 3.63) is 45.8 Å². The Morgan fingerprint density at radius 1 is 1.27 bits per heavy atom. The van der Waals surface area contributed by atoms with Crippen molar-refractivity contribution in [1.82, 2.24) is 24.2 Å². The number of rotatable bonds is 4. The molecule has 1 atom stereocenters. The van der Waals surface area contributed by atoms with Gasteiger partial charge in [-0.2, -0.15) is 5.10 Å². The Bertz CT molecular complexity index is 1300. The SMILES string of the molecule is COC(=O)C1CCN(C(=O)CC2CSc3nc4c(cnn4-c4cccc(Cl)c4)c(=O)n32)CC1. The van der Waals surface area contributed by atoms with Crippen LogP contribution in [0, 0.1) is 5.92 Å². The monoisotopic (exact) mass is 487 g/mol. The summed E-state index contributed by atoms with van der Waals surface area (Å²) < 4.78 is 8.04. The zero-order valence-corrected chi connectivity index (χ0v) is 19.5. The third kappa shape index (κ3) is 4.02. The molecule has 11 heteroatoms. The second kappa shape index (κ2) is 8.83. The molecule has 172 valence electrons. The summed E-state index contributed by atoms with van der Waals surface area (Å²) in [7, 11) is 1.39. The highest BCUT2D eigenvalue weighted by Crippen LogP contribution is 2.34. The smallest absolute Gasteiger partial charge is 0.308 e. The number of aromatic nitrogens is 4. The molecular weight excluding hydrogens is 466 g/mol. The number of esters is 1. The van der Waals surface area contributed by atoms with E-state index in [2.05, 4.69) is 5.10 Å². The average molecular weight is 488 g/mol. The highest BCUT2D eigenvalue weighted by molar-refractivity contribution is 7.99. The lowest BCUT2D eigenvalue weighted by Gasteiger charge is -2.31. The van der Waals surface area contributed by atoms with E-state index < -0.39 is 0 Å². The summed E-state index contributed by atoms with van der Waals surface area (Å²) in [5.74, 6) is 0.212. The Morgan fingerprint density at radius 3 is 2.79 bits per heavy atom. The third-order valence-corrected chi connectivity index (χ3v) is 7.55. The van der Waals surface area contributed by atoms with E-state index in [1.807, 2.05) is 12.1 Å². The lowest BCUT2D eigenvalue weighted by atomic mass is 9.96. The number of carbonyl (C=O) groups is 2. The topological polar surface area (TPSA) is 99.3 Å². The van der Waals surface area contributed by atoms with Gasteiger partial charge >= 0.3 is 5.97 Å². The van der Waals surface area contributed by atoms with Crippen molar-refractivity contribution in [2.45, 2.75) is 30.5 Å². The highest BCUT2D eigenvalue weighted by atomic mass is 35.5. The summed E-state index contributed by atoms with van der Waals surface area (Å²) in [5, 5.41) is 5.91. The maximum absolute atomic E-state index is 13.3. The fourth-order valence-electron chi connectivity index (χ4n) is 4.44. The van der Waals surface area contributed by atoms with E-state index >= 15 is 0 Å². The number of methoxy groups -OCH3 is 1. The van der Waals surface area contributed by atoms with Crippen LogP contribution in [0.1, 0.15) is 25.3 Å². The van der Waals surface area contributed by atoms with Gasteiger partial charge in [0.05, 0.1) is 31.0 Å². The summed E-state index contributed by atoms with van der Waals surface area (Å²) in [5.41, 5.74) is 0.993. The van der Waals surface area contributed by atoms with E-state index in [9.17, 15) is 14.4 Å². The van der Waals surface area contributed by atoms with Gasteiger partial charge in [0.1, 0.15) is 5.39 Å². The summed E-state index contributed by atoms with van der Waals surface area (Å²) in [6, 6.07) is 6.93. The molecule has 9 nitrogen and oxygen atoms in total. The third-order valence-electron chi connectivity index (χ3n) is 6.22. The fourth-order valence-corrected chi connectivity index (χ4v) is 5.75. The minimum Gasteiger partial charge on any atom is -0.469 e. The molecule has 1 saturated heterocycles. The Balaban J connectivity index is 1.37. The van der Waals surface area contributed by atoms with Crippen molar-refractivity contribution in [1.29, 1.82) is 0 Å². The molecule has 1 unspecified atom stereocenters. The molecule has 0 radical (unpaired) electrons. The molecule has 1 aromatic carbocycles. The number of thioether (sulfide) groups is 1. The number of amides is 1. The molecule has 5 rings (SSSR count). The fraction of sp³-hybridized carbons (Fsp3) is 0.409. The Hall–Kier alpha value is -2.85. The van der Waals surface area contributed by atoms with E-state index in [1.54, 1.807) is 26.3 Å². The van der Waals surface area contributed by atoms with E-state index in [4.69, 9.17) is 21.3 Å². The highest BCUT2D eigenvalue weighted by Gasteiger charge is 2.33. The molecule has 0 aliphatic carbocycles. The maximum Gasteiger partial charge on any atom is 0.308 e. The van der Waals surface area contributed by atoms with Gasteiger partial charge in [-0.05, 0) is 31.0 Å². The molecule has 0 saturated carbocycles. The minimum absolute atomic E-state index is 0.0154. The summed E-state index contributed by atoms with van der Waals surface area (Å²) in [6.07, 6.45) is 2.93. The molecule has 0 spiro atoms. The number of nitrogens with zero attached hydrogens (tertiary/aromatic N) is 5. The molecule has 3 aromatic rings. The molecule has 0 N–H and O–H groups in total. The Labute approximate surface area is 198 Å². The van der Waals surface area contributed by atoms with Crippen LogP contribution in [-0.4, -0.2) is 62.1 Å². The number of benzene rings is 1. The standard InChI is InChI=1S/C22H22ClN5O4S/c1-32-21(31)13-5-7-26(8-6-13)18(29)10-16-12-33-22-25-19-17(20(30)27(16)22)11-24-28(19)15-4-2-3-14(23)9-15/h2-4,9,11,13,16H,5-8,10,12H2,1H3. The second-order valence-corrected chi connectivity index (χ2v) is 9.61. The van der Waals surface area contributed by atoms with Crippen LogP contribution in [0.25, 0.3) is 16.7 Å². The first-order chi connectivity index (χ1) is 16.0. The predicted molar refractivity (Wildman–Crippen MR) is 124 cm³/mol. The van der Waals surface area contributed by atoms with Crippen LogP contribution >= 0.6 is 23.4 Å². The zero-order chi connectivity index (χ0) is 23.1. The van der Waals surface area contributed by atoms with Crippen LogP contribution in [0.2, 0.25) is 5.02 Å². The quantitative estimate of drug-likeness (QED) is 0.412. The first kappa shape index (κ1) is 22.0. The van der Waals surface area contributed by atoms with Gasteiger partial charge in [0.25, 0.3) is 5.56 Å².